The number of aryl methyl sites for hydroxylation is 1. The number of aliphatic hydroxyl groups is 1. The van der Waals surface area contributed by atoms with E-state index < -0.39 is 12.0 Å². The number of thiocarbonyl (C=S) groups is 1. The van der Waals surface area contributed by atoms with Crippen molar-refractivity contribution in [2.45, 2.75) is 32.7 Å². The second-order valence-corrected chi connectivity index (χ2v) is 5.95. The number of ether oxygens (including phenoxy) is 1. The summed E-state index contributed by atoms with van der Waals surface area (Å²) in [4.78, 5) is 12.3. The Bertz CT molecular complexity index is 676. The van der Waals surface area contributed by atoms with Crippen LogP contribution in [0, 0.1) is 5.82 Å². The van der Waals surface area contributed by atoms with E-state index in [0.29, 0.717) is 34.8 Å². The Balaban J connectivity index is 1.96. The third-order valence-electron chi connectivity index (χ3n) is 3.88. The van der Waals surface area contributed by atoms with Crippen molar-refractivity contribution in [1.82, 2.24) is 10.6 Å². The maximum absolute atomic E-state index is 13.7. The molecule has 3 N–H and O–H groups in total. The van der Waals surface area contributed by atoms with Gasteiger partial charge < -0.3 is 20.5 Å². The fraction of sp³-hybridized carbons (Fsp3) is 0.412. The van der Waals surface area contributed by atoms with Crippen LogP contribution in [-0.2, 0) is 22.4 Å². The maximum atomic E-state index is 13.7. The van der Waals surface area contributed by atoms with Crippen molar-refractivity contribution < 1.29 is 19.0 Å². The molecule has 1 unspecified atom stereocenters. The number of carbonyl (C=O) groups excluding carboxylic acids is 1. The monoisotopic (exact) mass is 352 g/mol. The first-order valence-corrected chi connectivity index (χ1v) is 8.20. The Kier molecular flexibility index (Phi) is 6.28. The standard InChI is InChI=1S/C17H21FN2O3S/c1-3-12-5-4-11(8-13(12)18)6-7-23-16(22)15-10(2)19-17(24)20-14(15)9-21/h4-5,8,14,21H,3,6-7,9H2,1-2H3,(H2,19,20,24). The van der Waals surface area contributed by atoms with E-state index >= 15 is 0 Å². The van der Waals surface area contributed by atoms with E-state index in [1.807, 2.05) is 13.0 Å². The van der Waals surface area contributed by atoms with Crippen molar-refractivity contribution in [1.29, 1.82) is 0 Å². The zero-order valence-corrected chi connectivity index (χ0v) is 14.5. The number of esters is 1. The molecule has 0 bridgehead atoms. The van der Waals surface area contributed by atoms with Gasteiger partial charge in [0.25, 0.3) is 0 Å². The molecule has 130 valence electrons. The predicted molar refractivity (Wildman–Crippen MR) is 92.9 cm³/mol. The first-order valence-electron chi connectivity index (χ1n) is 7.79. The fourth-order valence-corrected chi connectivity index (χ4v) is 2.87. The SMILES string of the molecule is CCc1ccc(CCOC(=O)C2=C(C)NC(=S)NC2CO)cc1F. The molecule has 24 heavy (non-hydrogen) atoms. The van der Waals surface area contributed by atoms with Gasteiger partial charge in [-0.1, -0.05) is 19.1 Å². The molecular formula is C17H21FN2O3S. The summed E-state index contributed by atoms with van der Waals surface area (Å²) in [5.41, 5.74) is 2.31. The number of nitrogens with one attached hydrogen (secondary N) is 2. The highest BCUT2D eigenvalue weighted by molar-refractivity contribution is 7.80. The number of carbonyl (C=O) groups is 1. The van der Waals surface area contributed by atoms with Crippen molar-refractivity contribution in [2.24, 2.45) is 0 Å². The van der Waals surface area contributed by atoms with Crippen LogP contribution in [-0.4, -0.2) is 35.4 Å². The van der Waals surface area contributed by atoms with Crippen LogP contribution in [0.1, 0.15) is 25.0 Å². The molecule has 0 fully saturated rings. The van der Waals surface area contributed by atoms with Crippen molar-refractivity contribution in [3.8, 4) is 0 Å². The van der Waals surface area contributed by atoms with Gasteiger partial charge in [-0.2, -0.15) is 0 Å². The number of benzene rings is 1. The van der Waals surface area contributed by atoms with Crippen LogP contribution < -0.4 is 10.6 Å². The van der Waals surface area contributed by atoms with E-state index in [4.69, 9.17) is 17.0 Å². The second-order valence-electron chi connectivity index (χ2n) is 5.54. The fourth-order valence-electron chi connectivity index (χ4n) is 2.57. The van der Waals surface area contributed by atoms with Gasteiger partial charge in [-0.15, -0.1) is 0 Å². The van der Waals surface area contributed by atoms with Gasteiger partial charge in [0.15, 0.2) is 5.11 Å². The number of hydrogen-bond donors (Lipinski definition) is 3. The quantitative estimate of drug-likeness (QED) is 0.534. The van der Waals surface area contributed by atoms with Gasteiger partial charge in [0.1, 0.15) is 5.82 Å². The van der Waals surface area contributed by atoms with Crippen LogP contribution in [0.5, 0.6) is 0 Å². The molecule has 1 aliphatic heterocycles. The summed E-state index contributed by atoms with van der Waals surface area (Å²) in [6.07, 6.45) is 1.06. The highest BCUT2D eigenvalue weighted by Crippen LogP contribution is 2.15. The van der Waals surface area contributed by atoms with Gasteiger partial charge in [-0.3, -0.25) is 0 Å². The lowest BCUT2D eigenvalue weighted by Crippen LogP contribution is -2.51. The minimum Gasteiger partial charge on any atom is -0.462 e. The van der Waals surface area contributed by atoms with Gasteiger partial charge in [0, 0.05) is 12.1 Å². The van der Waals surface area contributed by atoms with E-state index in [1.165, 1.54) is 6.07 Å². The maximum Gasteiger partial charge on any atom is 0.337 e. The van der Waals surface area contributed by atoms with Crippen molar-refractivity contribution in [3.63, 3.8) is 0 Å². The molecule has 7 heteroatoms. The number of hydrogen-bond acceptors (Lipinski definition) is 4. The predicted octanol–water partition coefficient (Wildman–Crippen LogP) is 1.59. The number of allylic oxidation sites excluding steroid dienone is 1. The minimum absolute atomic E-state index is 0.128. The van der Waals surface area contributed by atoms with Crippen molar-refractivity contribution in [2.75, 3.05) is 13.2 Å². The Labute approximate surface area is 145 Å². The Morgan fingerprint density at radius 3 is 2.83 bits per heavy atom. The van der Waals surface area contributed by atoms with Crippen LogP contribution in [0.15, 0.2) is 29.5 Å². The van der Waals surface area contributed by atoms with Crippen molar-refractivity contribution in [3.05, 3.63) is 46.4 Å². The zero-order valence-electron chi connectivity index (χ0n) is 13.7. The molecule has 1 aliphatic rings. The average molecular weight is 352 g/mol. The molecule has 1 atom stereocenters. The second kappa shape index (κ2) is 8.21. The Hall–Kier alpha value is -1.99. The van der Waals surface area contributed by atoms with E-state index in [9.17, 15) is 14.3 Å². The van der Waals surface area contributed by atoms with Crippen molar-refractivity contribution >= 4 is 23.3 Å². The first-order chi connectivity index (χ1) is 11.5. The summed E-state index contributed by atoms with van der Waals surface area (Å²) < 4.78 is 19.0. The lowest BCUT2D eigenvalue weighted by molar-refractivity contribution is -0.139. The molecule has 5 nitrogen and oxygen atoms in total. The zero-order chi connectivity index (χ0) is 17.7. The molecule has 0 radical (unpaired) electrons. The van der Waals surface area contributed by atoms with Crippen LogP contribution in [0.2, 0.25) is 0 Å². The number of halogens is 1. The normalized spacial score (nSPS) is 17.3. The number of aliphatic hydroxyl groups excluding tert-OH is 1. The lowest BCUT2D eigenvalue weighted by atomic mass is 10.0. The lowest BCUT2D eigenvalue weighted by Gasteiger charge is -2.28. The molecule has 2 rings (SSSR count). The van der Waals surface area contributed by atoms with Gasteiger partial charge in [-0.05, 0) is 42.8 Å². The van der Waals surface area contributed by atoms with E-state index in [-0.39, 0.29) is 19.0 Å². The summed E-state index contributed by atoms with van der Waals surface area (Å²) in [5.74, 6) is -0.769. The molecule has 0 aliphatic carbocycles. The summed E-state index contributed by atoms with van der Waals surface area (Å²) in [6.45, 7) is 3.45. The number of rotatable bonds is 6. The molecule has 0 saturated heterocycles. The highest BCUT2D eigenvalue weighted by Gasteiger charge is 2.29. The van der Waals surface area contributed by atoms with Crippen LogP contribution >= 0.6 is 12.2 Å². The molecule has 0 saturated carbocycles. The molecule has 1 heterocycles. The smallest absolute Gasteiger partial charge is 0.337 e. The average Bonchev–Trinajstić information content (AvgIpc) is 2.54. The van der Waals surface area contributed by atoms with E-state index in [2.05, 4.69) is 10.6 Å². The third kappa shape index (κ3) is 4.30. The molecule has 1 aromatic rings. The van der Waals surface area contributed by atoms with E-state index in [1.54, 1.807) is 13.0 Å². The molecule has 0 aromatic heterocycles. The molecule has 0 spiro atoms. The van der Waals surface area contributed by atoms with E-state index in [0.717, 1.165) is 5.56 Å². The van der Waals surface area contributed by atoms with Gasteiger partial charge >= 0.3 is 5.97 Å². The summed E-state index contributed by atoms with van der Waals surface area (Å²) in [5, 5.41) is 15.4. The minimum atomic E-state index is -0.590. The summed E-state index contributed by atoms with van der Waals surface area (Å²) >= 11 is 4.99. The van der Waals surface area contributed by atoms with Gasteiger partial charge in [0.05, 0.1) is 24.8 Å². The third-order valence-corrected chi connectivity index (χ3v) is 4.10. The Morgan fingerprint density at radius 1 is 1.46 bits per heavy atom. The largest absolute Gasteiger partial charge is 0.462 e. The summed E-state index contributed by atoms with van der Waals surface area (Å²) in [6, 6.07) is 4.46. The van der Waals surface area contributed by atoms with Crippen LogP contribution in [0.4, 0.5) is 4.39 Å². The molecule has 0 amide bonds. The first kappa shape index (κ1) is 18.4. The van der Waals surface area contributed by atoms with Crippen LogP contribution in [0.3, 0.4) is 0 Å². The summed E-state index contributed by atoms with van der Waals surface area (Å²) in [7, 11) is 0. The highest BCUT2D eigenvalue weighted by atomic mass is 32.1. The van der Waals surface area contributed by atoms with Gasteiger partial charge in [0.2, 0.25) is 0 Å². The Morgan fingerprint density at radius 2 is 2.21 bits per heavy atom. The van der Waals surface area contributed by atoms with Gasteiger partial charge in [-0.25, -0.2) is 9.18 Å². The van der Waals surface area contributed by atoms with Crippen LogP contribution in [0.25, 0.3) is 0 Å². The molecule has 1 aromatic carbocycles. The molecular weight excluding hydrogens is 331 g/mol. The topological polar surface area (TPSA) is 70.6 Å².